The van der Waals surface area contributed by atoms with Gasteiger partial charge in [-0.1, -0.05) is 49.4 Å². The lowest BCUT2D eigenvalue weighted by Gasteiger charge is -2.29. The molecule has 0 aliphatic carbocycles. The number of alkyl carbamates (subject to hydrolysis) is 1. The molecule has 2 aliphatic rings. The van der Waals surface area contributed by atoms with Crippen molar-refractivity contribution in [1.82, 2.24) is 20.1 Å². The number of fused-ring (bicyclic) bond motifs is 1. The first-order chi connectivity index (χ1) is 24.0. The zero-order valence-corrected chi connectivity index (χ0v) is 29.1. The van der Waals surface area contributed by atoms with Crippen LogP contribution in [0.25, 0.3) is 22.2 Å². The van der Waals surface area contributed by atoms with Crippen LogP contribution in [0, 0.1) is 0 Å². The van der Waals surface area contributed by atoms with Crippen LogP contribution in [-0.2, 0) is 19.1 Å². The summed E-state index contributed by atoms with van der Waals surface area (Å²) in [4.78, 5) is 60.3. The van der Waals surface area contributed by atoms with Crippen molar-refractivity contribution in [2.75, 3.05) is 30.3 Å². The van der Waals surface area contributed by atoms with Gasteiger partial charge in [0.1, 0.15) is 17.7 Å². The minimum absolute atomic E-state index is 0.0378. The van der Waals surface area contributed by atoms with E-state index in [0.29, 0.717) is 30.6 Å². The highest BCUT2D eigenvalue weighted by Gasteiger charge is 2.39. The quantitative estimate of drug-likeness (QED) is 0.161. The number of amides is 4. The molecule has 4 amide bonds. The molecule has 3 heterocycles. The van der Waals surface area contributed by atoms with Gasteiger partial charge in [-0.05, 0) is 107 Å². The fraction of sp³-hybridized carbons (Fsp3) is 0.385. The lowest BCUT2D eigenvalue weighted by atomic mass is 10.0. The molecule has 3 aromatic carbocycles. The van der Waals surface area contributed by atoms with Crippen molar-refractivity contribution in [3.8, 4) is 11.3 Å². The Kier molecular flexibility index (Phi) is 10.2. The molecule has 0 unspecified atom stereocenters. The van der Waals surface area contributed by atoms with Crippen molar-refractivity contribution in [3.63, 3.8) is 0 Å². The van der Waals surface area contributed by atoms with Crippen LogP contribution in [0.15, 0.2) is 78.9 Å². The minimum Gasteiger partial charge on any atom is -0.444 e. The van der Waals surface area contributed by atoms with Gasteiger partial charge in [0.15, 0.2) is 0 Å². The van der Waals surface area contributed by atoms with Crippen LogP contribution in [0.5, 0.6) is 0 Å². The van der Waals surface area contributed by atoms with E-state index < -0.39 is 23.8 Å². The van der Waals surface area contributed by atoms with Gasteiger partial charge in [-0.3, -0.25) is 19.3 Å². The molecule has 2 aliphatic heterocycles. The average Bonchev–Trinajstić information content (AvgIpc) is 3.86. The van der Waals surface area contributed by atoms with Crippen LogP contribution < -0.4 is 16.0 Å². The topological polar surface area (TPSA) is 136 Å². The predicted octanol–water partition coefficient (Wildman–Crippen LogP) is 6.45. The molecule has 0 spiro atoms. The van der Waals surface area contributed by atoms with E-state index in [9.17, 15) is 19.2 Å². The largest absolute Gasteiger partial charge is 0.444 e. The second-order valence-electron chi connectivity index (χ2n) is 14.0. The van der Waals surface area contributed by atoms with Gasteiger partial charge >= 0.3 is 6.09 Å². The van der Waals surface area contributed by atoms with Gasteiger partial charge in [-0.2, -0.15) is 0 Å². The van der Waals surface area contributed by atoms with Crippen LogP contribution in [0.2, 0.25) is 0 Å². The summed E-state index contributed by atoms with van der Waals surface area (Å²) in [5, 5.41) is 9.73. The number of ether oxygens (including phenoxy) is 1. The average molecular weight is 679 g/mol. The summed E-state index contributed by atoms with van der Waals surface area (Å²) in [6, 6.07) is 22.7. The Morgan fingerprint density at radius 3 is 2.22 bits per heavy atom. The summed E-state index contributed by atoms with van der Waals surface area (Å²) >= 11 is 0. The smallest absolute Gasteiger partial charge is 0.408 e. The predicted molar refractivity (Wildman–Crippen MR) is 195 cm³/mol. The van der Waals surface area contributed by atoms with Crippen molar-refractivity contribution in [2.24, 2.45) is 0 Å². The van der Waals surface area contributed by atoms with Gasteiger partial charge in [0, 0.05) is 34.5 Å². The standard InChI is InChI=1S/C39H46N6O5/c1-5-44-21-9-13-32(44)35(46)40-28-17-15-25(16-18-28)31-24-27-23-29(19-20-30(27)42-31)41-36(47)33-14-10-22-45(33)37(48)34(26-11-7-6-8-12-26)43-38(49)50-39(2,3)4/h6-8,11-12,15-20,23-24,32-34,42H,5,9-10,13-14,21-22H2,1-4H3,(H,40,46)(H,41,47)(H,43,49)/t32-,33-,34+/m0/s1. The third-order valence-corrected chi connectivity index (χ3v) is 9.30. The number of likely N-dealkylation sites (N-methyl/N-ethyl adjacent to an activating group) is 1. The Morgan fingerprint density at radius 1 is 0.840 bits per heavy atom. The summed E-state index contributed by atoms with van der Waals surface area (Å²) in [5.74, 6) is -0.610. The van der Waals surface area contributed by atoms with E-state index in [1.807, 2.05) is 54.6 Å². The van der Waals surface area contributed by atoms with Gasteiger partial charge in [-0.15, -0.1) is 0 Å². The van der Waals surface area contributed by atoms with E-state index in [0.717, 1.165) is 53.8 Å². The summed E-state index contributed by atoms with van der Waals surface area (Å²) < 4.78 is 5.44. The Balaban J connectivity index is 1.12. The summed E-state index contributed by atoms with van der Waals surface area (Å²) in [7, 11) is 0. The third kappa shape index (κ3) is 8.00. The molecular formula is C39H46N6O5. The van der Waals surface area contributed by atoms with Crippen LogP contribution in [-0.4, -0.2) is 75.9 Å². The van der Waals surface area contributed by atoms with Crippen LogP contribution in [0.1, 0.15) is 65.0 Å². The highest BCUT2D eigenvalue weighted by atomic mass is 16.6. The van der Waals surface area contributed by atoms with Crippen molar-refractivity contribution >= 4 is 46.1 Å². The molecule has 2 saturated heterocycles. The zero-order valence-electron chi connectivity index (χ0n) is 29.1. The van der Waals surface area contributed by atoms with Crippen LogP contribution >= 0.6 is 0 Å². The second kappa shape index (κ2) is 14.8. The van der Waals surface area contributed by atoms with Gasteiger partial charge in [-0.25, -0.2) is 4.79 Å². The number of benzene rings is 3. The number of aromatic nitrogens is 1. The SMILES string of the molecule is CCN1CCC[C@H]1C(=O)Nc1ccc(-c2cc3cc(NC(=O)[C@@H]4CCCN4C(=O)[C@H](NC(=O)OC(C)(C)C)c4ccccc4)ccc3[nH]2)cc1. The zero-order chi connectivity index (χ0) is 35.4. The normalized spacial score (nSPS) is 18.5. The number of hydrogen-bond donors (Lipinski definition) is 4. The third-order valence-electron chi connectivity index (χ3n) is 9.30. The summed E-state index contributed by atoms with van der Waals surface area (Å²) in [6.07, 6.45) is 2.40. The molecule has 0 radical (unpaired) electrons. The number of H-pyrrole nitrogens is 1. The number of rotatable bonds is 9. The fourth-order valence-corrected chi connectivity index (χ4v) is 6.88. The van der Waals surface area contributed by atoms with E-state index in [4.69, 9.17) is 4.74 Å². The first-order valence-corrected chi connectivity index (χ1v) is 17.4. The molecule has 4 N–H and O–H groups in total. The molecule has 0 bridgehead atoms. The highest BCUT2D eigenvalue weighted by molar-refractivity contribution is 6.00. The van der Waals surface area contributed by atoms with E-state index in [1.54, 1.807) is 49.9 Å². The molecule has 50 heavy (non-hydrogen) atoms. The number of likely N-dealkylation sites (tertiary alicyclic amines) is 2. The maximum Gasteiger partial charge on any atom is 0.408 e. The van der Waals surface area contributed by atoms with Gasteiger partial charge in [0.2, 0.25) is 11.8 Å². The van der Waals surface area contributed by atoms with Crippen molar-refractivity contribution in [1.29, 1.82) is 0 Å². The van der Waals surface area contributed by atoms with Gasteiger partial charge in [0.25, 0.3) is 5.91 Å². The molecule has 3 atom stereocenters. The lowest BCUT2D eigenvalue weighted by molar-refractivity contribution is -0.138. The molecule has 4 aromatic rings. The van der Waals surface area contributed by atoms with Crippen molar-refractivity contribution in [3.05, 3.63) is 84.4 Å². The molecule has 1 aromatic heterocycles. The monoisotopic (exact) mass is 678 g/mol. The molecule has 6 rings (SSSR count). The molecule has 11 heteroatoms. The van der Waals surface area contributed by atoms with Crippen molar-refractivity contribution < 1.29 is 23.9 Å². The maximum absolute atomic E-state index is 13.9. The molecule has 262 valence electrons. The van der Waals surface area contributed by atoms with E-state index in [2.05, 4.69) is 32.8 Å². The molecule has 0 saturated carbocycles. The highest BCUT2D eigenvalue weighted by Crippen LogP contribution is 2.29. The summed E-state index contributed by atoms with van der Waals surface area (Å²) in [5.41, 5.74) is 4.03. The maximum atomic E-state index is 13.9. The Bertz CT molecular complexity index is 1850. The molecular weight excluding hydrogens is 632 g/mol. The number of anilines is 2. The molecule has 11 nitrogen and oxygen atoms in total. The van der Waals surface area contributed by atoms with E-state index in [-0.39, 0.29) is 23.8 Å². The fourth-order valence-electron chi connectivity index (χ4n) is 6.88. The lowest BCUT2D eigenvalue weighted by Crippen LogP contribution is -2.49. The number of hydrogen-bond acceptors (Lipinski definition) is 6. The second-order valence-corrected chi connectivity index (χ2v) is 14.0. The number of carbonyl (C=O) groups excluding carboxylic acids is 4. The Hall–Kier alpha value is -5.16. The number of nitrogens with one attached hydrogen (secondary N) is 4. The van der Waals surface area contributed by atoms with E-state index in [1.165, 1.54) is 0 Å². The Labute approximate surface area is 292 Å². The number of aromatic amines is 1. The first kappa shape index (κ1) is 34.7. The van der Waals surface area contributed by atoms with Gasteiger partial charge < -0.3 is 30.6 Å². The van der Waals surface area contributed by atoms with Crippen molar-refractivity contribution in [2.45, 2.75) is 77.1 Å². The summed E-state index contributed by atoms with van der Waals surface area (Å²) in [6.45, 7) is 9.59. The van der Waals surface area contributed by atoms with Gasteiger partial charge in [0.05, 0.1) is 6.04 Å². The number of carbonyl (C=O) groups is 4. The van der Waals surface area contributed by atoms with E-state index >= 15 is 0 Å². The first-order valence-electron chi connectivity index (χ1n) is 17.4. The minimum atomic E-state index is -1.00. The molecule has 2 fully saturated rings. The Morgan fingerprint density at radius 2 is 1.50 bits per heavy atom. The van der Waals surface area contributed by atoms with Crippen LogP contribution in [0.4, 0.5) is 16.2 Å². The number of nitrogens with zero attached hydrogens (tertiary/aromatic N) is 2. The van der Waals surface area contributed by atoms with Crippen LogP contribution in [0.3, 0.4) is 0 Å².